The van der Waals surface area contributed by atoms with E-state index >= 15 is 0 Å². The number of aryl methyl sites for hydroxylation is 1. The summed E-state index contributed by atoms with van der Waals surface area (Å²) in [5.41, 5.74) is 4.24. The molecule has 0 aliphatic heterocycles. The molecular weight excluding hydrogens is 388 g/mol. The summed E-state index contributed by atoms with van der Waals surface area (Å²) in [6, 6.07) is 27.0. The Morgan fingerprint density at radius 2 is 1.77 bits per heavy atom. The van der Waals surface area contributed by atoms with E-state index in [2.05, 4.69) is 10.3 Å². The van der Waals surface area contributed by atoms with E-state index in [0.29, 0.717) is 17.3 Å². The second-order valence-corrected chi connectivity index (χ2v) is 7.38. The number of fused-ring (bicyclic) bond motifs is 2. The van der Waals surface area contributed by atoms with Crippen molar-refractivity contribution in [2.45, 2.75) is 6.92 Å². The van der Waals surface area contributed by atoms with Gasteiger partial charge < -0.3 is 14.5 Å². The normalized spacial score (nSPS) is 11.0. The first-order valence-corrected chi connectivity index (χ1v) is 10.0. The van der Waals surface area contributed by atoms with E-state index in [1.54, 1.807) is 0 Å². The van der Waals surface area contributed by atoms with Crippen molar-refractivity contribution in [3.63, 3.8) is 0 Å². The molecule has 0 fully saturated rings. The molecule has 0 aliphatic carbocycles. The third-order valence-electron chi connectivity index (χ3n) is 5.07. The molecule has 152 valence electrons. The number of oxazole rings is 1. The Hall–Kier alpha value is -4.12. The lowest BCUT2D eigenvalue weighted by Gasteiger charge is -2.10. The lowest BCUT2D eigenvalue weighted by molar-refractivity contribution is -0.118. The first-order valence-electron chi connectivity index (χ1n) is 10.0. The lowest BCUT2D eigenvalue weighted by Crippen LogP contribution is -2.20. The number of anilines is 1. The summed E-state index contributed by atoms with van der Waals surface area (Å²) in [6.45, 7) is 1.95. The first kappa shape index (κ1) is 18.9. The van der Waals surface area contributed by atoms with Crippen LogP contribution < -0.4 is 10.1 Å². The van der Waals surface area contributed by atoms with E-state index < -0.39 is 0 Å². The molecule has 0 saturated heterocycles. The lowest BCUT2D eigenvalue weighted by atomic mass is 10.1. The molecule has 1 aromatic heterocycles. The number of nitrogens with zero attached hydrogens (tertiary/aromatic N) is 1. The van der Waals surface area contributed by atoms with Gasteiger partial charge in [-0.3, -0.25) is 4.79 Å². The topological polar surface area (TPSA) is 64.4 Å². The summed E-state index contributed by atoms with van der Waals surface area (Å²) in [6.07, 6.45) is 0. The molecule has 0 bridgehead atoms. The van der Waals surface area contributed by atoms with E-state index in [9.17, 15) is 4.79 Å². The van der Waals surface area contributed by atoms with Crippen LogP contribution in [0.2, 0.25) is 0 Å². The van der Waals surface area contributed by atoms with Crippen molar-refractivity contribution >= 4 is 33.5 Å². The van der Waals surface area contributed by atoms with Crippen LogP contribution in [0.15, 0.2) is 89.3 Å². The maximum atomic E-state index is 12.4. The monoisotopic (exact) mass is 408 g/mol. The molecule has 0 aliphatic rings. The molecule has 5 heteroatoms. The fourth-order valence-corrected chi connectivity index (χ4v) is 3.51. The van der Waals surface area contributed by atoms with Gasteiger partial charge in [-0.1, -0.05) is 42.5 Å². The van der Waals surface area contributed by atoms with Gasteiger partial charge in [-0.2, -0.15) is 0 Å². The van der Waals surface area contributed by atoms with Crippen molar-refractivity contribution in [1.82, 2.24) is 4.98 Å². The van der Waals surface area contributed by atoms with Crippen LogP contribution >= 0.6 is 0 Å². The van der Waals surface area contributed by atoms with Crippen LogP contribution in [-0.4, -0.2) is 17.5 Å². The van der Waals surface area contributed by atoms with Gasteiger partial charge in [0, 0.05) is 16.6 Å². The minimum absolute atomic E-state index is 0.0692. The van der Waals surface area contributed by atoms with Crippen LogP contribution in [0.5, 0.6) is 5.75 Å². The quantitative estimate of drug-likeness (QED) is 0.389. The molecule has 31 heavy (non-hydrogen) atoms. The Bertz CT molecular complexity index is 1380. The molecule has 4 aromatic carbocycles. The second kappa shape index (κ2) is 7.95. The van der Waals surface area contributed by atoms with Gasteiger partial charge in [-0.05, 0) is 60.3 Å². The summed E-state index contributed by atoms with van der Waals surface area (Å²) < 4.78 is 11.6. The largest absolute Gasteiger partial charge is 0.483 e. The molecule has 0 saturated carbocycles. The van der Waals surface area contributed by atoms with Crippen molar-refractivity contribution < 1.29 is 13.9 Å². The smallest absolute Gasteiger partial charge is 0.262 e. The number of carbonyl (C=O) groups excluding carboxylic acids is 1. The van der Waals surface area contributed by atoms with Crippen molar-refractivity contribution in [3.8, 4) is 17.2 Å². The fourth-order valence-electron chi connectivity index (χ4n) is 3.51. The maximum absolute atomic E-state index is 12.4. The van der Waals surface area contributed by atoms with Gasteiger partial charge in [0.2, 0.25) is 5.89 Å². The first-order chi connectivity index (χ1) is 15.2. The molecule has 5 aromatic rings. The van der Waals surface area contributed by atoms with Crippen molar-refractivity contribution in [1.29, 1.82) is 0 Å². The number of benzene rings is 4. The molecule has 0 atom stereocenters. The molecule has 0 spiro atoms. The maximum Gasteiger partial charge on any atom is 0.262 e. The molecule has 1 heterocycles. The van der Waals surface area contributed by atoms with Gasteiger partial charge in [-0.15, -0.1) is 0 Å². The highest BCUT2D eigenvalue weighted by molar-refractivity contribution is 5.93. The van der Waals surface area contributed by atoms with Gasteiger partial charge in [0.1, 0.15) is 11.3 Å². The van der Waals surface area contributed by atoms with Crippen LogP contribution in [0.3, 0.4) is 0 Å². The number of carbonyl (C=O) groups is 1. The zero-order valence-corrected chi connectivity index (χ0v) is 17.0. The summed E-state index contributed by atoms with van der Waals surface area (Å²) in [4.78, 5) is 16.9. The summed E-state index contributed by atoms with van der Waals surface area (Å²) in [5.74, 6) is 1.02. The zero-order valence-electron chi connectivity index (χ0n) is 17.0. The molecule has 5 rings (SSSR count). The van der Waals surface area contributed by atoms with Crippen LogP contribution in [0.1, 0.15) is 5.56 Å². The zero-order chi connectivity index (χ0) is 21.2. The minimum Gasteiger partial charge on any atom is -0.483 e. The number of ether oxygens (including phenoxy) is 1. The highest BCUT2D eigenvalue weighted by Crippen LogP contribution is 2.27. The molecule has 0 unspecified atom stereocenters. The van der Waals surface area contributed by atoms with Crippen LogP contribution in [-0.2, 0) is 4.79 Å². The van der Waals surface area contributed by atoms with Gasteiger partial charge in [0.15, 0.2) is 12.2 Å². The highest BCUT2D eigenvalue weighted by Gasteiger charge is 2.10. The highest BCUT2D eigenvalue weighted by atomic mass is 16.5. The predicted molar refractivity (Wildman–Crippen MR) is 122 cm³/mol. The number of aromatic nitrogens is 1. The summed E-state index contributed by atoms with van der Waals surface area (Å²) >= 11 is 0. The molecular formula is C26H20N2O3. The number of hydrogen-bond acceptors (Lipinski definition) is 4. The van der Waals surface area contributed by atoms with Crippen LogP contribution in [0, 0.1) is 6.92 Å². The number of amides is 1. The number of hydrogen-bond donors (Lipinski definition) is 1. The SMILES string of the molecule is Cc1ccc2nc(-c3ccc(NC(=O)COc4cccc5ccccc45)cc3)oc2c1. The fraction of sp³-hybridized carbons (Fsp3) is 0.0769. The Kier molecular flexibility index (Phi) is 4.84. The molecule has 1 amide bonds. The third kappa shape index (κ3) is 3.98. The third-order valence-corrected chi connectivity index (χ3v) is 5.07. The van der Waals surface area contributed by atoms with E-state index in [0.717, 1.165) is 33.0 Å². The minimum atomic E-state index is -0.224. The van der Waals surface area contributed by atoms with E-state index in [1.165, 1.54) is 0 Å². The van der Waals surface area contributed by atoms with E-state index in [4.69, 9.17) is 9.15 Å². The summed E-state index contributed by atoms with van der Waals surface area (Å²) in [7, 11) is 0. The number of nitrogens with one attached hydrogen (secondary N) is 1. The van der Waals surface area contributed by atoms with Crippen molar-refractivity contribution in [2.75, 3.05) is 11.9 Å². The van der Waals surface area contributed by atoms with Crippen LogP contribution in [0.25, 0.3) is 33.3 Å². The van der Waals surface area contributed by atoms with E-state index in [1.807, 2.05) is 91.9 Å². The number of rotatable bonds is 5. The van der Waals surface area contributed by atoms with Gasteiger partial charge in [0.25, 0.3) is 5.91 Å². The predicted octanol–water partition coefficient (Wildman–Crippen LogP) is 5.97. The van der Waals surface area contributed by atoms with Crippen molar-refractivity contribution in [2.24, 2.45) is 0 Å². The van der Waals surface area contributed by atoms with Crippen molar-refractivity contribution in [3.05, 3.63) is 90.5 Å². The summed E-state index contributed by atoms with van der Waals surface area (Å²) in [5, 5.41) is 4.91. The second-order valence-electron chi connectivity index (χ2n) is 7.38. The van der Waals surface area contributed by atoms with Gasteiger partial charge >= 0.3 is 0 Å². The molecule has 0 radical (unpaired) electrons. The van der Waals surface area contributed by atoms with E-state index in [-0.39, 0.29) is 12.5 Å². The van der Waals surface area contributed by atoms with Gasteiger partial charge in [0.05, 0.1) is 0 Å². The van der Waals surface area contributed by atoms with Crippen LogP contribution in [0.4, 0.5) is 5.69 Å². The average Bonchev–Trinajstić information content (AvgIpc) is 3.21. The molecule has 5 nitrogen and oxygen atoms in total. The Balaban J connectivity index is 1.25. The standard InChI is InChI=1S/C26H20N2O3/c1-17-9-14-22-24(15-17)31-26(28-22)19-10-12-20(13-11-19)27-25(29)16-30-23-8-4-6-18-5-2-3-7-21(18)23/h2-15H,16H2,1H3,(H,27,29). The average molecular weight is 408 g/mol. The molecule has 1 N–H and O–H groups in total. The van der Waals surface area contributed by atoms with Gasteiger partial charge in [-0.25, -0.2) is 4.98 Å². The Labute approximate surface area is 179 Å². The Morgan fingerprint density at radius 3 is 2.65 bits per heavy atom. The Morgan fingerprint density at radius 1 is 0.968 bits per heavy atom.